The van der Waals surface area contributed by atoms with Gasteiger partial charge >= 0.3 is 0 Å². The van der Waals surface area contributed by atoms with Crippen molar-refractivity contribution >= 4 is 11.7 Å². The van der Waals surface area contributed by atoms with Crippen molar-refractivity contribution in [3.63, 3.8) is 0 Å². The second-order valence-electron chi connectivity index (χ2n) is 7.11. The summed E-state index contributed by atoms with van der Waals surface area (Å²) in [6.45, 7) is 2.03. The Kier molecular flexibility index (Phi) is 5.74. The number of hydrogen-bond acceptors (Lipinski definition) is 6. The molecule has 0 saturated carbocycles. The number of anilines is 1. The van der Waals surface area contributed by atoms with Crippen LogP contribution in [0.4, 0.5) is 5.82 Å². The molecule has 1 aliphatic rings. The summed E-state index contributed by atoms with van der Waals surface area (Å²) in [4.78, 5) is 14.8. The predicted molar refractivity (Wildman–Crippen MR) is 110 cm³/mol. The molecule has 4 rings (SSSR count). The van der Waals surface area contributed by atoms with Crippen molar-refractivity contribution in [2.75, 3.05) is 25.1 Å². The van der Waals surface area contributed by atoms with Crippen LogP contribution in [0.15, 0.2) is 59.2 Å². The van der Waals surface area contributed by atoms with Crippen molar-refractivity contribution in [1.82, 2.24) is 15.5 Å². The number of carbonyl (C=O) groups excluding carboxylic acids is 1. The van der Waals surface area contributed by atoms with Crippen molar-refractivity contribution < 1.29 is 13.9 Å². The molecule has 1 amide bonds. The molecule has 7 heteroatoms. The monoisotopic (exact) mass is 392 g/mol. The Bertz CT molecular complexity index is 924. The first kappa shape index (κ1) is 19.0. The SMILES string of the molecule is COc1ccc(CNC(=O)C2CCCN(c3ccc(-c4ccco4)nn3)C2)cc1. The molecule has 1 aromatic carbocycles. The molecule has 150 valence electrons. The third-order valence-corrected chi connectivity index (χ3v) is 5.17. The fraction of sp³-hybridized carbons (Fsp3) is 0.318. The lowest BCUT2D eigenvalue weighted by atomic mass is 9.97. The van der Waals surface area contributed by atoms with Crippen LogP contribution in [0.1, 0.15) is 18.4 Å². The molecule has 1 aliphatic heterocycles. The normalized spacial score (nSPS) is 16.4. The van der Waals surface area contributed by atoms with Crippen LogP contribution in [0.2, 0.25) is 0 Å². The van der Waals surface area contributed by atoms with E-state index in [0.717, 1.165) is 36.5 Å². The lowest BCUT2D eigenvalue weighted by Gasteiger charge is -2.32. The van der Waals surface area contributed by atoms with Gasteiger partial charge in [-0.15, -0.1) is 10.2 Å². The van der Waals surface area contributed by atoms with Gasteiger partial charge < -0.3 is 19.4 Å². The van der Waals surface area contributed by atoms with Crippen LogP contribution in [0.5, 0.6) is 5.75 Å². The van der Waals surface area contributed by atoms with Crippen LogP contribution in [0.25, 0.3) is 11.5 Å². The lowest BCUT2D eigenvalue weighted by Crippen LogP contribution is -2.43. The summed E-state index contributed by atoms with van der Waals surface area (Å²) in [5, 5.41) is 11.6. The van der Waals surface area contributed by atoms with Crippen molar-refractivity contribution in [3.05, 3.63) is 60.4 Å². The van der Waals surface area contributed by atoms with Gasteiger partial charge in [-0.3, -0.25) is 4.79 Å². The zero-order valence-electron chi connectivity index (χ0n) is 16.4. The van der Waals surface area contributed by atoms with E-state index in [-0.39, 0.29) is 11.8 Å². The second-order valence-corrected chi connectivity index (χ2v) is 7.11. The van der Waals surface area contributed by atoms with Crippen LogP contribution >= 0.6 is 0 Å². The number of furan rings is 1. The standard InChI is InChI=1S/C22H24N4O3/c1-28-18-8-6-16(7-9-18)14-23-22(27)17-4-2-12-26(15-17)21-11-10-19(24-25-21)20-5-3-13-29-20/h3,5-11,13,17H,2,4,12,14-15H2,1H3,(H,23,27). The summed E-state index contributed by atoms with van der Waals surface area (Å²) in [6, 6.07) is 15.2. The molecule has 1 fully saturated rings. The van der Waals surface area contributed by atoms with Gasteiger partial charge in [0.25, 0.3) is 0 Å². The Morgan fingerprint density at radius 2 is 2.07 bits per heavy atom. The van der Waals surface area contributed by atoms with Gasteiger partial charge in [0.15, 0.2) is 11.6 Å². The smallest absolute Gasteiger partial charge is 0.225 e. The van der Waals surface area contributed by atoms with E-state index in [2.05, 4.69) is 20.4 Å². The number of ether oxygens (including phenoxy) is 1. The summed E-state index contributed by atoms with van der Waals surface area (Å²) in [5.41, 5.74) is 1.75. The number of hydrogen-bond donors (Lipinski definition) is 1. The van der Waals surface area contributed by atoms with Crippen LogP contribution < -0.4 is 15.0 Å². The number of nitrogens with zero attached hydrogens (tertiary/aromatic N) is 3. The van der Waals surface area contributed by atoms with E-state index >= 15 is 0 Å². The average Bonchev–Trinajstić information content (AvgIpc) is 3.33. The fourth-order valence-electron chi connectivity index (χ4n) is 3.53. The van der Waals surface area contributed by atoms with Crippen molar-refractivity contribution in [1.29, 1.82) is 0 Å². The van der Waals surface area contributed by atoms with Crippen molar-refractivity contribution in [2.45, 2.75) is 19.4 Å². The molecule has 3 heterocycles. The highest BCUT2D eigenvalue weighted by molar-refractivity contribution is 5.79. The topological polar surface area (TPSA) is 80.5 Å². The van der Waals surface area contributed by atoms with Crippen molar-refractivity contribution in [2.24, 2.45) is 5.92 Å². The molecule has 29 heavy (non-hydrogen) atoms. The van der Waals surface area contributed by atoms with E-state index < -0.39 is 0 Å². The van der Waals surface area contributed by atoms with E-state index in [1.807, 2.05) is 48.5 Å². The van der Waals surface area contributed by atoms with Gasteiger partial charge in [-0.1, -0.05) is 12.1 Å². The Hall–Kier alpha value is -3.35. The molecule has 2 aromatic heterocycles. The summed E-state index contributed by atoms with van der Waals surface area (Å²) < 4.78 is 10.5. The van der Waals surface area contributed by atoms with Gasteiger partial charge in [-0.2, -0.15) is 0 Å². The van der Waals surface area contributed by atoms with E-state index in [4.69, 9.17) is 9.15 Å². The molecular formula is C22H24N4O3. The molecule has 0 radical (unpaired) electrons. The molecular weight excluding hydrogens is 368 g/mol. The summed E-state index contributed by atoms with van der Waals surface area (Å²) in [5.74, 6) is 2.30. The zero-order chi connectivity index (χ0) is 20.1. The third kappa shape index (κ3) is 4.56. The van der Waals surface area contributed by atoms with E-state index in [9.17, 15) is 4.79 Å². The number of carbonyl (C=O) groups is 1. The second kappa shape index (κ2) is 8.77. The number of nitrogens with one attached hydrogen (secondary N) is 1. The number of methoxy groups -OCH3 is 1. The number of aromatic nitrogens is 2. The van der Waals surface area contributed by atoms with E-state index in [1.165, 1.54) is 0 Å². The molecule has 3 aromatic rings. The number of piperidine rings is 1. The molecule has 1 saturated heterocycles. The zero-order valence-corrected chi connectivity index (χ0v) is 16.4. The lowest BCUT2D eigenvalue weighted by molar-refractivity contribution is -0.125. The minimum Gasteiger partial charge on any atom is -0.497 e. The Balaban J connectivity index is 1.34. The van der Waals surface area contributed by atoms with Crippen LogP contribution in [0, 0.1) is 5.92 Å². The summed E-state index contributed by atoms with van der Waals surface area (Å²) in [6.07, 6.45) is 3.44. The number of benzene rings is 1. The van der Waals surface area contributed by atoms with Gasteiger partial charge in [0.1, 0.15) is 11.4 Å². The maximum Gasteiger partial charge on any atom is 0.225 e. The first-order valence-electron chi connectivity index (χ1n) is 9.76. The van der Waals surface area contributed by atoms with Gasteiger partial charge in [-0.25, -0.2) is 0 Å². The fourth-order valence-corrected chi connectivity index (χ4v) is 3.53. The largest absolute Gasteiger partial charge is 0.497 e. The quantitative estimate of drug-likeness (QED) is 0.693. The highest BCUT2D eigenvalue weighted by atomic mass is 16.5. The highest BCUT2D eigenvalue weighted by Crippen LogP contribution is 2.23. The molecule has 0 aliphatic carbocycles. The summed E-state index contributed by atoms with van der Waals surface area (Å²) >= 11 is 0. The van der Waals surface area contributed by atoms with Gasteiger partial charge in [-0.05, 0) is 54.8 Å². The van der Waals surface area contributed by atoms with E-state index in [0.29, 0.717) is 24.5 Å². The Labute approximate surface area is 169 Å². The summed E-state index contributed by atoms with van der Waals surface area (Å²) in [7, 11) is 1.64. The predicted octanol–water partition coefficient (Wildman–Crippen LogP) is 3.28. The minimum absolute atomic E-state index is 0.0615. The Morgan fingerprint density at radius 3 is 2.76 bits per heavy atom. The molecule has 1 N–H and O–H groups in total. The molecule has 0 bridgehead atoms. The van der Waals surface area contributed by atoms with Crippen molar-refractivity contribution in [3.8, 4) is 17.2 Å². The average molecular weight is 392 g/mol. The van der Waals surface area contributed by atoms with Crippen LogP contribution in [0.3, 0.4) is 0 Å². The first-order chi connectivity index (χ1) is 14.2. The molecule has 0 spiro atoms. The third-order valence-electron chi connectivity index (χ3n) is 5.17. The van der Waals surface area contributed by atoms with Crippen LogP contribution in [-0.4, -0.2) is 36.3 Å². The molecule has 1 atom stereocenters. The highest BCUT2D eigenvalue weighted by Gasteiger charge is 2.26. The van der Waals surface area contributed by atoms with Gasteiger partial charge in [0, 0.05) is 19.6 Å². The van der Waals surface area contributed by atoms with Crippen LogP contribution in [-0.2, 0) is 11.3 Å². The minimum atomic E-state index is -0.0615. The number of amides is 1. The molecule has 7 nitrogen and oxygen atoms in total. The Morgan fingerprint density at radius 1 is 1.21 bits per heavy atom. The van der Waals surface area contributed by atoms with Gasteiger partial charge in [0.05, 0.1) is 19.3 Å². The van der Waals surface area contributed by atoms with Gasteiger partial charge in [0.2, 0.25) is 5.91 Å². The van der Waals surface area contributed by atoms with E-state index in [1.54, 1.807) is 13.4 Å². The molecule has 1 unspecified atom stereocenters. The first-order valence-corrected chi connectivity index (χ1v) is 9.76. The number of rotatable bonds is 6. The maximum absolute atomic E-state index is 12.7. The maximum atomic E-state index is 12.7.